The van der Waals surface area contributed by atoms with Gasteiger partial charge in [0.15, 0.2) is 5.65 Å². The first-order chi connectivity index (χ1) is 7.27. The van der Waals surface area contributed by atoms with Crippen LogP contribution in [-0.4, -0.2) is 29.2 Å². The number of fused-ring (bicyclic) bond motifs is 3. The van der Waals surface area contributed by atoms with Crippen LogP contribution in [0, 0.1) is 0 Å². The van der Waals surface area contributed by atoms with Gasteiger partial charge in [-0.2, -0.15) is 14.6 Å². The van der Waals surface area contributed by atoms with Gasteiger partial charge in [0.1, 0.15) is 18.0 Å². The molecule has 3 aromatic rings. The quantitative estimate of drug-likeness (QED) is 0.448. The maximum absolute atomic E-state index is 11.6. The summed E-state index contributed by atoms with van der Waals surface area (Å²) in [5.74, 6) is 5.77. The highest BCUT2D eigenvalue weighted by atomic mass is 16.1. The molecule has 0 aromatic carbocycles. The van der Waals surface area contributed by atoms with E-state index in [1.807, 2.05) is 0 Å². The second-order valence-corrected chi connectivity index (χ2v) is 2.92. The molecule has 8 nitrogen and oxygen atoms in total. The Morgan fingerprint density at radius 2 is 2.13 bits per heavy atom. The van der Waals surface area contributed by atoms with Crippen LogP contribution in [0.5, 0.6) is 0 Å². The highest BCUT2D eigenvalue weighted by Crippen LogP contribution is 2.04. The standard InChI is InChI=1S/C7H5N7O/c8-13-3-11-5-4(6(13)15)1-9-7-10-2-12-14(5)7/h1-3H,8H2. The molecule has 0 unspecified atom stereocenters. The Morgan fingerprint density at radius 3 is 3.00 bits per heavy atom. The van der Waals surface area contributed by atoms with E-state index in [4.69, 9.17) is 5.84 Å². The van der Waals surface area contributed by atoms with Crippen molar-refractivity contribution in [2.45, 2.75) is 0 Å². The molecule has 0 aliphatic rings. The molecular weight excluding hydrogens is 198 g/mol. The predicted molar refractivity (Wildman–Crippen MR) is 50.5 cm³/mol. The van der Waals surface area contributed by atoms with Gasteiger partial charge in [-0.25, -0.2) is 14.6 Å². The van der Waals surface area contributed by atoms with Crippen LogP contribution in [0.15, 0.2) is 23.6 Å². The summed E-state index contributed by atoms with van der Waals surface area (Å²) in [5.41, 5.74) is 0.0223. The van der Waals surface area contributed by atoms with E-state index in [9.17, 15) is 4.79 Å². The molecule has 0 spiro atoms. The average Bonchev–Trinajstić information content (AvgIpc) is 2.71. The van der Waals surface area contributed by atoms with Crippen LogP contribution in [0.1, 0.15) is 0 Å². The van der Waals surface area contributed by atoms with Crippen molar-refractivity contribution in [1.82, 2.24) is 29.2 Å². The van der Waals surface area contributed by atoms with Crippen molar-refractivity contribution in [3.63, 3.8) is 0 Å². The molecule has 0 atom stereocenters. The Labute approximate surface area is 82.0 Å². The second-order valence-electron chi connectivity index (χ2n) is 2.92. The molecule has 74 valence electrons. The van der Waals surface area contributed by atoms with Crippen molar-refractivity contribution in [1.29, 1.82) is 0 Å². The maximum Gasteiger partial charge on any atom is 0.282 e. The Morgan fingerprint density at radius 1 is 1.27 bits per heavy atom. The average molecular weight is 203 g/mol. The van der Waals surface area contributed by atoms with Crippen LogP contribution >= 0.6 is 0 Å². The number of nitrogens with zero attached hydrogens (tertiary/aromatic N) is 6. The van der Waals surface area contributed by atoms with Gasteiger partial charge in [0, 0.05) is 6.20 Å². The lowest BCUT2D eigenvalue weighted by Crippen LogP contribution is -2.27. The number of nitrogen functional groups attached to an aromatic ring is 1. The van der Waals surface area contributed by atoms with E-state index in [0.29, 0.717) is 16.8 Å². The van der Waals surface area contributed by atoms with Gasteiger partial charge in [0.2, 0.25) is 0 Å². The summed E-state index contributed by atoms with van der Waals surface area (Å²) >= 11 is 0. The first kappa shape index (κ1) is 7.85. The third kappa shape index (κ3) is 0.923. The molecular formula is C7H5N7O. The molecule has 0 amide bonds. The maximum atomic E-state index is 11.6. The van der Waals surface area contributed by atoms with E-state index in [2.05, 4.69) is 20.1 Å². The molecule has 3 aromatic heterocycles. The van der Waals surface area contributed by atoms with E-state index < -0.39 is 0 Å². The Kier molecular flexibility index (Phi) is 1.31. The lowest BCUT2D eigenvalue weighted by atomic mass is 10.4. The van der Waals surface area contributed by atoms with E-state index in [0.717, 1.165) is 4.68 Å². The minimum Gasteiger partial charge on any atom is -0.335 e. The monoisotopic (exact) mass is 203 g/mol. The SMILES string of the molecule is Nn1cnc2c(cnc3ncnn32)c1=O. The zero-order chi connectivity index (χ0) is 10.4. The van der Waals surface area contributed by atoms with Gasteiger partial charge >= 0.3 is 0 Å². The minimum absolute atomic E-state index is 0.304. The molecule has 0 saturated carbocycles. The number of rotatable bonds is 0. The Bertz CT molecular complexity index is 712. The van der Waals surface area contributed by atoms with Crippen LogP contribution in [0.4, 0.5) is 0 Å². The number of nitrogens with two attached hydrogens (primary N) is 1. The molecule has 15 heavy (non-hydrogen) atoms. The molecule has 3 rings (SSSR count). The summed E-state index contributed by atoms with van der Waals surface area (Å²) in [7, 11) is 0. The van der Waals surface area contributed by atoms with E-state index in [1.54, 1.807) is 0 Å². The third-order valence-electron chi connectivity index (χ3n) is 2.05. The van der Waals surface area contributed by atoms with Crippen LogP contribution < -0.4 is 11.4 Å². The largest absolute Gasteiger partial charge is 0.335 e. The van der Waals surface area contributed by atoms with Gasteiger partial charge in [-0.05, 0) is 0 Å². The first-order valence-corrected chi connectivity index (χ1v) is 4.08. The summed E-state index contributed by atoms with van der Waals surface area (Å²) in [6.45, 7) is 0. The molecule has 8 heteroatoms. The number of hydrogen-bond acceptors (Lipinski definition) is 6. The third-order valence-corrected chi connectivity index (χ3v) is 2.05. The molecule has 0 fully saturated rings. The van der Waals surface area contributed by atoms with Crippen molar-refractivity contribution in [2.24, 2.45) is 0 Å². The normalized spacial score (nSPS) is 11.2. The Hall–Kier alpha value is -2.51. The van der Waals surface area contributed by atoms with Crippen molar-refractivity contribution in [3.8, 4) is 0 Å². The fourth-order valence-corrected chi connectivity index (χ4v) is 1.35. The van der Waals surface area contributed by atoms with Gasteiger partial charge in [0.05, 0.1) is 0 Å². The van der Waals surface area contributed by atoms with Gasteiger partial charge in [0.25, 0.3) is 11.3 Å². The topological polar surface area (TPSA) is 104 Å². The van der Waals surface area contributed by atoms with Crippen molar-refractivity contribution < 1.29 is 0 Å². The van der Waals surface area contributed by atoms with Gasteiger partial charge in [-0.15, -0.1) is 0 Å². The zero-order valence-corrected chi connectivity index (χ0v) is 7.40. The smallest absolute Gasteiger partial charge is 0.282 e. The summed E-state index contributed by atoms with van der Waals surface area (Å²) < 4.78 is 2.28. The van der Waals surface area contributed by atoms with Crippen LogP contribution in [0.2, 0.25) is 0 Å². The summed E-state index contributed by atoms with van der Waals surface area (Å²) in [6, 6.07) is 0. The number of aromatic nitrogens is 6. The highest BCUT2D eigenvalue weighted by Gasteiger charge is 2.07. The molecule has 0 aliphatic carbocycles. The van der Waals surface area contributed by atoms with E-state index in [-0.39, 0.29) is 5.56 Å². The first-order valence-electron chi connectivity index (χ1n) is 4.08. The summed E-state index contributed by atoms with van der Waals surface area (Å²) in [5, 5.41) is 4.21. The molecule has 2 N–H and O–H groups in total. The second kappa shape index (κ2) is 2.50. The highest BCUT2D eigenvalue weighted by molar-refractivity contribution is 5.74. The van der Waals surface area contributed by atoms with Crippen molar-refractivity contribution >= 4 is 16.8 Å². The van der Waals surface area contributed by atoms with E-state index >= 15 is 0 Å². The molecule has 3 heterocycles. The predicted octanol–water partition coefficient (Wildman–Crippen LogP) is -1.45. The van der Waals surface area contributed by atoms with Crippen molar-refractivity contribution in [2.75, 3.05) is 5.84 Å². The number of hydrogen-bond donors (Lipinski definition) is 1. The lowest BCUT2D eigenvalue weighted by molar-refractivity contribution is 0.883. The van der Waals surface area contributed by atoms with Gasteiger partial charge < -0.3 is 5.84 Å². The summed E-state index contributed by atoms with van der Waals surface area (Å²) in [4.78, 5) is 23.4. The van der Waals surface area contributed by atoms with Crippen LogP contribution in [0.25, 0.3) is 16.8 Å². The molecule has 0 aliphatic heterocycles. The molecule has 0 bridgehead atoms. The van der Waals surface area contributed by atoms with E-state index in [1.165, 1.54) is 23.4 Å². The minimum atomic E-state index is -0.370. The lowest BCUT2D eigenvalue weighted by Gasteiger charge is -2.00. The Balaban J connectivity index is 2.66. The fraction of sp³-hybridized carbons (Fsp3) is 0. The van der Waals surface area contributed by atoms with Crippen molar-refractivity contribution in [3.05, 3.63) is 29.2 Å². The van der Waals surface area contributed by atoms with Crippen LogP contribution in [-0.2, 0) is 0 Å². The summed E-state index contributed by atoms with van der Waals surface area (Å²) in [6.07, 6.45) is 3.96. The van der Waals surface area contributed by atoms with Crippen LogP contribution in [0.3, 0.4) is 0 Å². The molecule has 0 radical (unpaired) electrons. The van der Waals surface area contributed by atoms with Gasteiger partial charge in [-0.1, -0.05) is 0 Å². The van der Waals surface area contributed by atoms with Gasteiger partial charge in [-0.3, -0.25) is 4.79 Å². The fourth-order valence-electron chi connectivity index (χ4n) is 1.35. The molecule has 0 saturated heterocycles. The zero-order valence-electron chi connectivity index (χ0n) is 7.40.